The fraction of sp³-hybridized carbons (Fsp3) is 0.250. The van der Waals surface area contributed by atoms with E-state index in [0.717, 1.165) is 10.6 Å². The van der Waals surface area contributed by atoms with Crippen molar-refractivity contribution in [1.82, 2.24) is 4.57 Å². The Morgan fingerprint density at radius 1 is 1.38 bits per heavy atom. The number of nitrogens with zero attached hydrogens (tertiary/aromatic N) is 1. The zero-order valence-electron chi connectivity index (χ0n) is 9.14. The van der Waals surface area contributed by atoms with E-state index in [0.29, 0.717) is 18.7 Å². The van der Waals surface area contributed by atoms with E-state index in [1.54, 1.807) is 15.9 Å². The van der Waals surface area contributed by atoms with Crippen molar-refractivity contribution in [1.29, 1.82) is 0 Å². The summed E-state index contributed by atoms with van der Waals surface area (Å²) in [5.41, 5.74) is 7.20. The minimum absolute atomic E-state index is 0.0240. The molecule has 84 valence electrons. The van der Waals surface area contributed by atoms with E-state index in [1.165, 1.54) is 0 Å². The highest BCUT2D eigenvalue weighted by atomic mass is 32.1. The van der Waals surface area contributed by atoms with E-state index in [1.807, 2.05) is 36.6 Å². The molecule has 2 aromatic rings. The van der Waals surface area contributed by atoms with Crippen molar-refractivity contribution in [3.63, 3.8) is 0 Å². The van der Waals surface area contributed by atoms with Crippen LogP contribution in [0.25, 0.3) is 10.6 Å². The molecule has 0 spiro atoms. The minimum atomic E-state index is 0.0240. The van der Waals surface area contributed by atoms with Crippen molar-refractivity contribution in [3.05, 3.63) is 45.6 Å². The Bertz CT molecular complexity index is 528. The molecular formula is C12H14N2OS. The standard InChI is InChI=1S/C12H14N2OS/c1-2-14-10(11-4-3-7-16-11)6-5-9(8-13)12(14)15/h3-7H,2,8,13H2,1H3. The smallest absolute Gasteiger partial charge is 0.255 e. The highest BCUT2D eigenvalue weighted by Crippen LogP contribution is 2.23. The number of hydrogen-bond acceptors (Lipinski definition) is 3. The normalized spacial score (nSPS) is 10.6. The summed E-state index contributed by atoms with van der Waals surface area (Å²) in [5, 5.41) is 2.01. The lowest BCUT2D eigenvalue weighted by atomic mass is 10.2. The molecule has 2 rings (SSSR count). The van der Waals surface area contributed by atoms with E-state index in [-0.39, 0.29) is 5.56 Å². The van der Waals surface area contributed by atoms with Gasteiger partial charge in [0.1, 0.15) is 0 Å². The highest BCUT2D eigenvalue weighted by Gasteiger charge is 2.08. The first-order valence-corrected chi connectivity index (χ1v) is 6.12. The van der Waals surface area contributed by atoms with Crippen LogP contribution >= 0.6 is 11.3 Å². The summed E-state index contributed by atoms with van der Waals surface area (Å²) in [6, 6.07) is 7.80. The summed E-state index contributed by atoms with van der Waals surface area (Å²) in [6.45, 7) is 2.93. The van der Waals surface area contributed by atoms with E-state index in [4.69, 9.17) is 5.73 Å². The molecule has 2 heterocycles. The third-order valence-electron chi connectivity index (χ3n) is 2.56. The molecule has 0 unspecified atom stereocenters. The molecule has 2 N–H and O–H groups in total. The summed E-state index contributed by atoms with van der Waals surface area (Å²) in [7, 11) is 0. The third kappa shape index (κ3) is 1.81. The lowest BCUT2D eigenvalue weighted by Crippen LogP contribution is -2.25. The summed E-state index contributed by atoms with van der Waals surface area (Å²) in [5.74, 6) is 0. The Hall–Kier alpha value is -1.39. The summed E-state index contributed by atoms with van der Waals surface area (Å²) in [4.78, 5) is 13.1. The molecule has 0 atom stereocenters. The zero-order valence-corrected chi connectivity index (χ0v) is 9.96. The van der Waals surface area contributed by atoms with Crippen LogP contribution in [-0.2, 0) is 13.1 Å². The Morgan fingerprint density at radius 3 is 2.75 bits per heavy atom. The molecule has 4 heteroatoms. The van der Waals surface area contributed by atoms with Crippen LogP contribution in [0.1, 0.15) is 12.5 Å². The quantitative estimate of drug-likeness (QED) is 0.883. The summed E-state index contributed by atoms with van der Waals surface area (Å²) in [6.07, 6.45) is 0. The van der Waals surface area contributed by atoms with Crippen molar-refractivity contribution in [2.24, 2.45) is 5.73 Å². The Balaban J connectivity index is 2.64. The molecule has 0 radical (unpaired) electrons. The maximum Gasteiger partial charge on any atom is 0.255 e. The first kappa shape index (κ1) is 11.1. The van der Waals surface area contributed by atoms with Crippen LogP contribution in [0.5, 0.6) is 0 Å². The van der Waals surface area contributed by atoms with Gasteiger partial charge in [-0.3, -0.25) is 4.79 Å². The van der Waals surface area contributed by atoms with Crippen LogP contribution < -0.4 is 11.3 Å². The molecule has 0 aromatic carbocycles. The van der Waals surface area contributed by atoms with E-state index in [2.05, 4.69) is 0 Å². The molecule has 0 aliphatic rings. The van der Waals surface area contributed by atoms with Gasteiger partial charge in [0, 0.05) is 18.7 Å². The molecule has 2 aromatic heterocycles. The number of aromatic nitrogens is 1. The average molecular weight is 234 g/mol. The van der Waals surface area contributed by atoms with Crippen molar-refractivity contribution < 1.29 is 0 Å². The predicted octanol–water partition coefficient (Wildman–Crippen LogP) is 2.06. The maximum atomic E-state index is 12.0. The molecule has 0 fully saturated rings. The van der Waals surface area contributed by atoms with Crippen LogP contribution in [0, 0.1) is 0 Å². The maximum absolute atomic E-state index is 12.0. The predicted molar refractivity (Wildman–Crippen MR) is 67.6 cm³/mol. The monoisotopic (exact) mass is 234 g/mol. The van der Waals surface area contributed by atoms with Gasteiger partial charge in [-0.15, -0.1) is 11.3 Å². The molecule has 0 aliphatic heterocycles. The number of pyridine rings is 1. The van der Waals surface area contributed by atoms with E-state index in [9.17, 15) is 4.79 Å². The van der Waals surface area contributed by atoms with Crippen molar-refractivity contribution in [2.45, 2.75) is 20.0 Å². The second kappa shape index (κ2) is 4.63. The number of rotatable bonds is 3. The van der Waals surface area contributed by atoms with Gasteiger partial charge >= 0.3 is 0 Å². The van der Waals surface area contributed by atoms with Crippen LogP contribution in [0.3, 0.4) is 0 Å². The molecule has 0 saturated heterocycles. The fourth-order valence-corrected chi connectivity index (χ4v) is 2.49. The van der Waals surface area contributed by atoms with Gasteiger partial charge < -0.3 is 10.3 Å². The van der Waals surface area contributed by atoms with Crippen LogP contribution in [0.2, 0.25) is 0 Å². The van der Waals surface area contributed by atoms with Crippen molar-refractivity contribution in [2.75, 3.05) is 0 Å². The number of thiophene rings is 1. The van der Waals surface area contributed by atoms with Gasteiger partial charge in [0.05, 0.1) is 10.6 Å². The first-order valence-electron chi connectivity index (χ1n) is 5.24. The van der Waals surface area contributed by atoms with Gasteiger partial charge in [-0.25, -0.2) is 0 Å². The van der Waals surface area contributed by atoms with Gasteiger partial charge in [-0.05, 0) is 24.4 Å². The van der Waals surface area contributed by atoms with E-state index >= 15 is 0 Å². The van der Waals surface area contributed by atoms with Crippen molar-refractivity contribution >= 4 is 11.3 Å². The lowest BCUT2D eigenvalue weighted by molar-refractivity contribution is 0.724. The SMILES string of the molecule is CCn1c(-c2cccs2)ccc(CN)c1=O. The average Bonchev–Trinajstić information content (AvgIpc) is 2.82. The number of nitrogens with two attached hydrogens (primary N) is 1. The summed E-state index contributed by atoms with van der Waals surface area (Å²) < 4.78 is 1.77. The molecule has 0 aliphatic carbocycles. The van der Waals surface area contributed by atoms with E-state index < -0.39 is 0 Å². The second-order valence-corrected chi connectivity index (χ2v) is 4.42. The molecular weight excluding hydrogens is 220 g/mol. The minimum Gasteiger partial charge on any atom is -0.326 e. The highest BCUT2D eigenvalue weighted by molar-refractivity contribution is 7.13. The Kier molecular flexibility index (Phi) is 3.22. The van der Waals surface area contributed by atoms with Gasteiger partial charge in [0.25, 0.3) is 5.56 Å². The molecule has 0 amide bonds. The van der Waals surface area contributed by atoms with Crippen LogP contribution in [0.4, 0.5) is 0 Å². The first-order chi connectivity index (χ1) is 7.77. The van der Waals surface area contributed by atoms with Gasteiger partial charge in [-0.2, -0.15) is 0 Å². The zero-order chi connectivity index (χ0) is 11.5. The van der Waals surface area contributed by atoms with Gasteiger partial charge in [-0.1, -0.05) is 12.1 Å². The molecule has 0 saturated carbocycles. The van der Waals surface area contributed by atoms with Crippen LogP contribution in [0.15, 0.2) is 34.4 Å². The molecule has 0 bridgehead atoms. The van der Waals surface area contributed by atoms with Crippen molar-refractivity contribution in [3.8, 4) is 10.6 Å². The largest absolute Gasteiger partial charge is 0.326 e. The molecule has 3 nitrogen and oxygen atoms in total. The van der Waals surface area contributed by atoms with Gasteiger partial charge in [0.2, 0.25) is 0 Å². The third-order valence-corrected chi connectivity index (χ3v) is 3.46. The van der Waals surface area contributed by atoms with Gasteiger partial charge in [0.15, 0.2) is 0 Å². The lowest BCUT2D eigenvalue weighted by Gasteiger charge is -2.10. The number of hydrogen-bond donors (Lipinski definition) is 1. The second-order valence-electron chi connectivity index (χ2n) is 3.47. The molecule has 16 heavy (non-hydrogen) atoms. The topological polar surface area (TPSA) is 48.0 Å². The fourth-order valence-electron chi connectivity index (χ4n) is 1.73. The Morgan fingerprint density at radius 2 is 2.19 bits per heavy atom. The summed E-state index contributed by atoms with van der Waals surface area (Å²) >= 11 is 1.64. The Labute approximate surface area is 98.2 Å². The van der Waals surface area contributed by atoms with Crippen LogP contribution in [-0.4, -0.2) is 4.57 Å².